The summed E-state index contributed by atoms with van der Waals surface area (Å²) >= 11 is 5.91. The summed E-state index contributed by atoms with van der Waals surface area (Å²) in [5, 5.41) is 0. The van der Waals surface area contributed by atoms with Crippen LogP contribution in [0.3, 0.4) is 0 Å². The van der Waals surface area contributed by atoms with Gasteiger partial charge in [-0.3, -0.25) is 0 Å². The van der Waals surface area contributed by atoms with E-state index in [1.54, 1.807) is 0 Å². The average molecular weight is 280 g/mol. The molecule has 0 spiro atoms. The van der Waals surface area contributed by atoms with Crippen LogP contribution in [0.2, 0.25) is 0 Å². The summed E-state index contributed by atoms with van der Waals surface area (Å²) < 4.78 is 0. The van der Waals surface area contributed by atoms with Crippen molar-refractivity contribution in [1.82, 2.24) is 9.88 Å². The Kier molecular flexibility index (Phi) is 3.94. The molecule has 19 heavy (non-hydrogen) atoms. The van der Waals surface area contributed by atoms with Gasteiger partial charge in [-0.15, -0.1) is 11.6 Å². The van der Waals surface area contributed by atoms with Crippen LogP contribution in [0.1, 0.15) is 24.8 Å². The Balaban J connectivity index is 1.73. The zero-order valence-electron chi connectivity index (χ0n) is 11.6. The molecule has 2 unspecified atom stereocenters. The van der Waals surface area contributed by atoms with Crippen molar-refractivity contribution in [3.8, 4) is 0 Å². The van der Waals surface area contributed by atoms with E-state index in [0.717, 1.165) is 36.4 Å². The lowest BCUT2D eigenvalue weighted by atomic mass is 9.84. The van der Waals surface area contributed by atoms with E-state index in [-0.39, 0.29) is 0 Å². The number of piperidine rings is 2. The maximum Gasteiger partial charge on any atom is 0.128 e. The van der Waals surface area contributed by atoms with E-state index in [9.17, 15) is 0 Å². The predicted octanol–water partition coefficient (Wildman–Crippen LogP) is 2.74. The van der Waals surface area contributed by atoms with Crippen LogP contribution >= 0.6 is 11.6 Å². The van der Waals surface area contributed by atoms with Crippen molar-refractivity contribution in [3.63, 3.8) is 0 Å². The summed E-state index contributed by atoms with van der Waals surface area (Å²) in [4.78, 5) is 9.51. The number of fused-ring (bicyclic) bond motifs is 1. The molecule has 2 aliphatic rings. The maximum absolute atomic E-state index is 5.91. The number of pyridine rings is 1. The fourth-order valence-electron chi connectivity index (χ4n) is 3.58. The van der Waals surface area contributed by atoms with Gasteiger partial charge in [-0.2, -0.15) is 0 Å². The minimum Gasteiger partial charge on any atom is -0.356 e. The van der Waals surface area contributed by atoms with Gasteiger partial charge < -0.3 is 9.80 Å². The number of hydrogen-bond donors (Lipinski definition) is 0. The minimum atomic E-state index is 0.568. The van der Waals surface area contributed by atoms with Gasteiger partial charge in [0.15, 0.2) is 0 Å². The fraction of sp³-hybridized carbons (Fsp3) is 0.667. The van der Waals surface area contributed by atoms with E-state index < -0.39 is 0 Å². The van der Waals surface area contributed by atoms with Crippen LogP contribution in [0.4, 0.5) is 5.82 Å². The molecule has 0 saturated carbocycles. The van der Waals surface area contributed by atoms with Crippen LogP contribution in [-0.4, -0.2) is 42.6 Å². The van der Waals surface area contributed by atoms with Gasteiger partial charge in [0.05, 0.1) is 0 Å². The van der Waals surface area contributed by atoms with E-state index in [1.165, 1.54) is 25.8 Å². The van der Waals surface area contributed by atoms with Crippen LogP contribution in [0.25, 0.3) is 0 Å². The van der Waals surface area contributed by atoms with Gasteiger partial charge in [0.2, 0.25) is 0 Å². The summed E-state index contributed by atoms with van der Waals surface area (Å²) in [6.07, 6.45) is 5.83. The summed E-state index contributed by atoms with van der Waals surface area (Å²) in [7, 11) is 2.28. The first-order valence-corrected chi connectivity index (χ1v) is 7.77. The third-order valence-corrected chi connectivity index (χ3v) is 4.94. The second-order valence-corrected chi connectivity index (χ2v) is 6.11. The molecule has 104 valence electrons. The van der Waals surface area contributed by atoms with E-state index in [1.807, 2.05) is 12.3 Å². The highest BCUT2D eigenvalue weighted by Gasteiger charge is 2.34. The Morgan fingerprint density at radius 1 is 1.37 bits per heavy atom. The third-order valence-electron chi connectivity index (χ3n) is 4.63. The first kappa shape index (κ1) is 13.2. The normalized spacial score (nSPS) is 28.2. The van der Waals surface area contributed by atoms with Crippen molar-refractivity contribution in [2.75, 3.05) is 31.6 Å². The standard InChI is InChI=1S/C15H22ClN3/c1-18-7-2-3-13-11-19(8-5-14(13)18)15-9-12(10-16)4-6-17-15/h4,6,9,13-14H,2-3,5,7-8,10-11H2,1H3. The van der Waals surface area contributed by atoms with Crippen molar-refractivity contribution < 1.29 is 0 Å². The molecule has 2 fully saturated rings. The van der Waals surface area contributed by atoms with Gasteiger partial charge in [0, 0.05) is 31.2 Å². The van der Waals surface area contributed by atoms with Crippen LogP contribution in [-0.2, 0) is 5.88 Å². The molecule has 0 aliphatic carbocycles. The van der Waals surface area contributed by atoms with Crippen molar-refractivity contribution in [3.05, 3.63) is 23.9 Å². The molecule has 1 aromatic rings. The highest BCUT2D eigenvalue weighted by molar-refractivity contribution is 6.17. The maximum atomic E-state index is 5.91. The Hall–Kier alpha value is -0.800. The van der Waals surface area contributed by atoms with Crippen LogP contribution < -0.4 is 4.90 Å². The molecule has 0 bridgehead atoms. The molecule has 0 aromatic carbocycles. The first-order valence-electron chi connectivity index (χ1n) is 7.24. The predicted molar refractivity (Wildman–Crippen MR) is 79.8 cm³/mol. The van der Waals surface area contributed by atoms with E-state index in [0.29, 0.717) is 5.88 Å². The van der Waals surface area contributed by atoms with E-state index in [4.69, 9.17) is 11.6 Å². The largest absolute Gasteiger partial charge is 0.356 e. The highest BCUT2D eigenvalue weighted by atomic mass is 35.5. The molecule has 2 aliphatic heterocycles. The van der Waals surface area contributed by atoms with Crippen molar-refractivity contribution in [2.24, 2.45) is 5.92 Å². The molecule has 3 heterocycles. The summed E-state index contributed by atoms with van der Waals surface area (Å²) in [5.74, 6) is 2.47. The number of nitrogens with zero attached hydrogens (tertiary/aromatic N) is 3. The minimum absolute atomic E-state index is 0.568. The Labute approximate surface area is 120 Å². The number of hydrogen-bond acceptors (Lipinski definition) is 3. The van der Waals surface area contributed by atoms with Gasteiger partial charge >= 0.3 is 0 Å². The smallest absolute Gasteiger partial charge is 0.128 e. The zero-order valence-corrected chi connectivity index (χ0v) is 12.3. The lowest BCUT2D eigenvalue weighted by molar-refractivity contribution is 0.102. The number of rotatable bonds is 2. The molecule has 2 atom stereocenters. The van der Waals surface area contributed by atoms with Crippen LogP contribution in [0.15, 0.2) is 18.3 Å². The van der Waals surface area contributed by atoms with Crippen molar-refractivity contribution >= 4 is 17.4 Å². The number of alkyl halides is 1. The Morgan fingerprint density at radius 3 is 3.11 bits per heavy atom. The number of likely N-dealkylation sites (tertiary alicyclic amines) is 1. The quantitative estimate of drug-likeness (QED) is 0.776. The van der Waals surface area contributed by atoms with Gasteiger partial charge in [0.25, 0.3) is 0 Å². The van der Waals surface area contributed by atoms with Crippen LogP contribution in [0.5, 0.6) is 0 Å². The van der Waals surface area contributed by atoms with Gasteiger partial charge in [-0.25, -0.2) is 4.98 Å². The number of aromatic nitrogens is 1. The lowest BCUT2D eigenvalue weighted by Crippen LogP contribution is -2.52. The molecule has 1 aromatic heterocycles. The fourth-order valence-corrected chi connectivity index (χ4v) is 3.74. The lowest BCUT2D eigenvalue weighted by Gasteiger charge is -2.46. The molecule has 3 rings (SSSR count). The van der Waals surface area contributed by atoms with Crippen LogP contribution in [0, 0.1) is 5.92 Å². The van der Waals surface area contributed by atoms with Crippen molar-refractivity contribution in [2.45, 2.75) is 31.2 Å². The molecule has 3 nitrogen and oxygen atoms in total. The molecular formula is C15H22ClN3. The third kappa shape index (κ3) is 2.72. The van der Waals surface area contributed by atoms with Crippen molar-refractivity contribution in [1.29, 1.82) is 0 Å². The van der Waals surface area contributed by atoms with E-state index in [2.05, 4.69) is 27.9 Å². The van der Waals surface area contributed by atoms with Gasteiger partial charge in [0.1, 0.15) is 5.82 Å². The Bertz CT molecular complexity index is 437. The highest BCUT2D eigenvalue weighted by Crippen LogP contribution is 2.31. The number of anilines is 1. The SMILES string of the molecule is CN1CCCC2CN(c3cc(CCl)ccn3)CCC21. The van der Waals surface area contributed by atoms with Gasteiger partial charge in [-0.1, -0.05) is 0 Å². The topological polar surface area (TPSA) is 19.4 Å². The Morgan fingerprint density at radius 2 is 2.26 bits per heavy atom. The summed E-state index contributed by atoms with van der Waals surface area (Å²) in [6, 6.07) is 4.92. The summed E-state index contributed by atoms with van der Waals surface area (Å²) in [6.45, 7) is 3.53. The zero-order chi connectivity index (χ0) is 13.2. The van der Waals surface area contributed by atoms with Gasteiger partial charge in [-0.05, 0) is 56.5 Å². The second-order valence-electron chi connectivity index (χ2n) is 5.84. The molecule has 0 amide bonds. The molecule has 0 N–H and O–H groups in total. The second kappa shape index (κ2) is 5.68. The molecular weight excluding hydrogens is 258 g/mol. The van der Waals surface area contributed by atoms with E-state index >= 15 is 0 Å². The first-order chi connectivity index (χ1) is 9.28. The average Bonchev–Trinajstić information content (AvgIpc) is 2.47. The molecule has 4 heteroatoms. The monoisotopic (exact) mass is 279 g/mol. The number of halogens is 1. The molecule has 0 radical (unpaired) electrons. The molecule has 2 saturated heterocycles. The summed E-state index contributed by atoms with van der Waals surface area (Å²) in [5.41, 5.74) is 1.16.